The Kier molecular flexibility index (Phi) is 5.33. The number of amides is 1. The van der Waals surface area contributed by atoms with Crippen molar-refractivity contribution in [2.24, 2.45) is 5.92 Å². The average molecular weight is 290 g/mol. The standard InChI is InChI=1S/C16H22N2O3/c1-11(19)18-14-7-5-12(6-8-14)10-17-15-4-2-3-13(9-15)16(20)21/h5-8,13,15,17H,2-4,9-10H2,1H3,(H,18,19)(H,20,21). The number of carboxylic acid groups (broad SMARTS) is 1. The summed E-state index contributed by atoms with van der Waals surface area (Å²) in [5.41, 5.74) is 1.91. The van der Waals surface area contributed by atoms with E-state index in [1.165, 1.54) is 6.92 Å². The van der Waals surface area contributed by atoms with Crippen molar-refractivity contribution >= 4 is 17.6 Å². The molecule has 1 aromatic rings. The molecule has 21 heavy (non-hydrogen) atoms. The van der Waals surface area contributed by atoms with Gasteiger partial charge < -0.3 is 15.7 Å². The fourth-order valence-corrected chi connectivity index (χ4v) is 2.77. The number of rotatable bonds is 5. The van der Waals surface area contributed by atoms with Crippen molar-refractivity contribution in [3.05, 3.63) is 29.8 Å². The molecular weight excluding hydrogens is 268 g/mol. The van der Waals surface area contributed by atoms with Gasteiger partial charge >= 0.3 is 5.97 Å². The topological polar surface area (TPSA) is 78.4 Å². The van der Waals surface area contributed by atoms with E-state index in [2.05, 4.69) is 10.6 Å². The van der Waals surface area contributed by atoms with Crippen LogP contribution in [0.5, 0.6) is 0 Å². The van der Waals surface area contributed by atoms with Crippen LogP contribution in [0.4, 0.5) is 5.69 Å². The monoisotopic (exact) mass is 290 g/mol. The molecule has 0 spiro atoms. The highest BCUT2D eigenvalue weighted by Gasteiger charge is 2.26. The molecule has 0 radical (unpaired) electrons. The molecular formula is C16H22N2O3. The molecule has 3 N–H and O–H groups in total. The minimum absolute atomic E-state index is 0.0807. The molecule has 2 atom stereocenters. The molecule has 0 saturated heterocycles. The summed E-state index contributed by atoms with van der Waals surface area (Å²) in [4.78, 5) is 22.0. The van der Waals surface area contributed by atoms with Gasteiger partial charge in [0.05, 0.1) is 5.92 Å². The maximum atomic E-state index is 11.0. The van der Waals surface area contributed by atoms with Gasteiger partial charge in [-0.15, -0.1) is 0 Å². The molecule has 1 aliphatic rings. The summed E-state index contributed by atoms with van der Waals surface area (Å²) in [7, 11) is 0. The summed E-state index contributed by atoms with van der Waals surface area (Å²) in [6, 6.07) is 7.96. The molecule has 2 unspecified atom stereocenters. The summed E-state index contributed by atoms with van der Waals surface area (Å²) in [5, 5.41) is 15.2. The first-order valence-electron chi connectivity index (χ1n) is 7.37. The van der Waals surface area contributed by atoms with E-state index in [0.717, 1.165) is 37.1 Å². The first kappa shape index (κ1) is 15.5. The van der Waals surface area contributed by atoms with Crippen LogP contribution < -0.4 is 10.6 Å². The fraction of sp³-hybridized carbons (Fsp3) is 0.500. The van der Waals surface area contributed by atoms with Gasteiger partial charge in [-0.3, -0.25) is 9.59 Å². The lowest BCUT2D eigenvalue weighted by Gasteiger charge is -2.27. The van der Waals surface area contributed by atoms with Gasteiger partial charge in [-0.25, -0.2) is 0 Å². The van der Waals surface area contributed by atoms with E-state index in [0.29, 0.717) is 6.42 Å². The first-order valence-corrected chi connectivity index (χ1v) is 7.37. The second-order valence-electron chi connectivity index (χ2n) is 5.66. The smallest absolute Gasteiger partial charge is 0.306 e. The van der Waals surface area contributed by atoms with Crippen molar-refractivity contribution in [1.29, 1.82) is 0 Å². The molecule has 0 aliphatic heterocycles. The second kappa shape index (κ2) is 7.22. The Morgan fingerprint density at radius 2 is 1.95 bits per heavy atom. The van der Waals surface area contributed by atoms with Crippen LogP contribution in [0.3, 0.4) is 0 Å². The molecule has 1 aromatic carbocycles. The summed E-state index contributed by atoms with van der Waals surface area (Å²) in [6.07, 6.45) is 3.50. The van der Waals surface area contributed by atoms with Crippen LogP contribution in [0, 0.1) is 5.92 Å². The number of hydrogen-bond donors (Lipinski definition) is 3. The molecule has 0 heterocycles. The Hall–Kier alpha value is -1.88. The van der Waals surface area contributed by atoms with Gasteiger partial charge in [0.1, 0.15) is 0 Å². The molecule has 1 fully saturated rings. The van der Waals surface area contributed by atoms with E-state index in [1.807, 2.05) is 24.3 Å². The van der Waals surface area contributed by atoms with Gasteiger partial charge in [0.2, 0.25) is 5.91 Å². The first-order chi connectivity index (χ1) is 10.0. The Morgan fingerprint density at radius 1 is 1.24 bits per heavy atom. The number of nitrogens with one attached hydrogen (secondary N) is 2. The van der Waals surface area contributed by atoms with Crippen LogP contribution in [0.1, 0.15) is 38.2 Å². The Morgan fingerprint density at radius 3 is 2.57 bits per heavy atom. The predicted octanol–water partition coefficient (Wildman–Crippen LogP) is 2.38. The van der Waals surface area contributed by atoms with E-state index in [1.54, 1.807) is 0 Å². The summed E-state index contributed by atoms with van der Waals surface area (Å²) in [6.45, 7) is 2.20. The lowest BCUT2D eigenvalue weighted by Crippen LogP contribution is -2.36. The zero-order valence-corrected chi connectivity index (χ0v) is 12.3. The highest BCUT2D eigenvalue weighted by atomic mass is 16.4. The Balaban J connectivity index is 1.82. The quantitative estimate of drug-likeness (QED) is 0.778. The predicted molar refractivity (Wildman–Crippen MR) is 81.0 cm³/mol. The molecule has 1 aliphatic carbocycles. The summed E-state index contributed by atoms with van der Waals surface area (Å²) in [5.74, 6) is -0.970. The van der Waals surface area contributed by atoms with Crippen molar-refractivity contribution in [3.63, 3.8) is 0 Å². The molecule has 1 amide bonds. The number of carbonyl (C=O) groups is 2. The van der Waals surface area contributed by atoms with Crippen LogP contribution in [0.25, 0.3) is 0 Å². The molecule has 0 bridgehead atoms. The van der Waals surface area contributed by atoms with Crippen molar-refractivity contribution in [3.8, 4) is 0 Å². The van der Waals surface area contributed by atoms with Crippen molar-refractivity contribution in [2.75, 3.05) is 5.32 Å². The lowest BCUT2D eigenvalue weighted by atomic mass is 9.86. The third kappa shape index (κ3) is 4.86. The van der Waals surface area contributed by atoms with Gasteiger partial charge in [-0.2, -0.15) is 0 Å². The Bertz CT molecular complexity index is 499. The van der Waals surface area contributed by atoms with E-state index in [-0.39, 0.29) is 17.9 Å². The second-order valence-corrected chi connectivity index (χ2v) is 5.66. The Labute approximate surface area is 124 Å². The van der Waals surface area contributed by atoms with Gasteiger partial charge in [0, 0.05) is 25.2 Å². The van der Waals surface area contributed by atoms with Gasteiger partial charge in [-0.1, -0.05) is 18.6 Å². The van der Waals surface area contributed by atoms with Gasteiger partial charge in [-0.05, 0) is 37.0 Å². The van der Waals surface area contributed by atoms with Crippen LogP contribution in [-0.2, 0) is 16.1 Å². The fourth-order valence-electron chi connectivity index (χ4n) is 2.77. The van der Waals surface area contributed by atoms with Gasteiger partial charge in [0.25, 0.3) is 0 Å². The number of aliphatic carboxylic acids is 1. The minimum Gasteiger partial charge on any atom is -0.481 e. The lowest BCUT2D eigenvalue weighted by molar-refractivity contribution is -0.143. The van der Waals surface area contributed by atoms with Crippen LogP contribution in [0.15, 0.2) is 24.3 Å². The third-order valence-electron chi connectivity index (χ3n) is 3.89. The van der Waals surface area contributed by atoms with E-state index in [9.17, 15) is 9.59 Å². The van der Waals surface area contributed by atoms with Crippen LogP contribution >= 0.6 is 0 Å². The molecule has 5 heteroatoms. The SMILES string of the molecule is CC(=O)Nc1ccc(CNC2CCCC(C(=O)O)C2)cc1. The molecule has 2 rings (SSSR count). The molecule has 5 nitrogen and oxygen atoms in total. The van der Waals surface area contributed by atoms with E-state index in [4.69, 9.17) is 5.11 Å². The highest BCUT2D eigenvalue weighted by molar-refractivity contribution is 5.88. The summed E-state index contributed by atoms with van der Waals surface area (Å²) < 4.78 is 0. The van der Waals surface area contributed by atoms with Crippen LogP contribution in [-0.4, -0.2) is 23.0 Å². The van der Waals surface area contributed by atoms with Crippen molar-refractivity contribution in [2.45, 2.75) is 45.2 Å². The average Bonchev–Trinajstić information content (AvgIpc) is 2.46. The van der Waals surface area contributed by atoms with Crippen molar-refractivity contribution in [1.82, 2.24) is 5.32 Å². The van der Waals surface area contributed by atoms with Crippen molar-refractivity contribution < 1.29 is 14.7 Å². The maximum absolute atomic E-state index is 11.0. The zero-order chi connectivity index (χ0) is 15.2. The van der Waals surface area contributed by atoms with Gasteiger partial charge in [0.15, 0.2) is 0 Å². The number of hydrogen-bond acceptors (Lipinski definition) is 3. The number of benzene rings is 1. The minimum atomic E-state index is -0.679. The molecule has 1 saturated carbocycles. The normalized spacial score (nSPS) is 21.8. The molecule has 114 valence electrons. The summed E-state index contributed by atoms with van der Waals surface area (Å²) >= 11 is 0. The highest BCUT2D eigenvalue weighted by Crippen LogP contribution is 2.24. The van der Waals surface area contributed by atoms with E-state index < -0.39 is 5.97 Å². The van der Waals surface area contributed by atoms with E-state index >= 15 is 0 Å². The largest absolute Gasteiger partial charge is 0.481 e. The third-order valence-corrected chi connectivity index (χ3v) is 3.89. The van der Waals surface area contributed by atoms with Crippen LogP contribution in [0.2, 0.25) is 0 Å². The number of carbonyl (C=O) groups excluding carboxylic acids is 1. The number of carboxylic acids is 1. The number of anilines is 1. The zero-order valence-electron chi connectivity index (χ0n) is 12.3. The maximum Gasteiger partial charge on any atom is 0.306 e. The molecule has 0 aromatic heterocycles.